The quantitative estimate of drug-likeness (QED) is 0.733. The van der Waals surface area contributed by atoms with E-state index in [1.165, 1.54) is 0 Å². The van der Waals surface area contributed by atoms with Crippen LogP contribution in [0.5, 0.6) is 17.2 Å². The number of methoxy groups -OCH3 is 1. The molecular weight excluding hydrogens is 318 g/mol. The first kappa shape index (κ1) is 18.6. The van der Waals surface area contributed by atoms with Crippen LogP contribution in [0.15, 0.2) is 48.5 Å². The lowest BCUT2D eigenvalue weighted by molar-refractivity contribution is -0.134. The number of rotatable bonds is 8. The highest BCUT2D eigenvalue weighted by Crippen LogP contribution is 2.28. The fraction of sp³-hybridized carbons (Fsp3) is 0.350. The fourth-order valence-corrected chi connectivity index (χ4v) is 2.48. The summed E-state index contributed by atoms with van der Waals surface area (Å²) in [4.78, 5) is 14.1. The molecule has 0 aliphatic carbocycles. The molecule has 0 aliphatic rings. The van der Waals surface area contributed by atoms with Gasteiger partial charge in [-0.2, -0.15) is 0 Å². The van der Waals surface area contributed by atoms with E-state index in [0.29, 0.717) is 12.4 Å². The van der Waals surface area contributed by atoms with Gasteiger partial charge in [0.2, 0.25) is 0 Å². The summed E-state index contributed by atoms with van der Waals surface area (Å²) in [6.07, 6.45) is 0. The highest BCUT2D eigenvalue weighted by molar-refractivity contribution is 5.78. The molecule has 2 rings (SSSR count). The number of amides is 1. The van der Waals surface area contributed by atoms with E-state index in [2.05, 4.69) is 0 Å². The van der Waals surface area contributed by atoms with Gasteiger partial charge in [0, 0.05) is 12.6 Å². The molecule has 5 heteroatoms. The van der Waals surface area contributed by atoms with Gasteiger partial charge in [-0.25, -0.2) is 0 Å². The highest BCUT2D eigenvalue weighted by Gasteiger charge is 2.20. The van der Waals surface area contributed by atoms with Crippen molar-refractivity contribution in [2.75, 3.05) is 27.4 Å². The predicted octanol–water partition coefficient (Wildman–Crippen LogP) is 3.69. The van der Waals surface area contributed by atoms with Crippen LogP contribution in [0.3, 0.4) is 0 Å². The number of benzene rings is 2. The van der Waals surface area contributed by atoms with Crippen LogP contribution in [0.1, 0.15) is 25.5 Å². The molecule has 0 fully saturated rings. The first-order chi connectivity index (χ1) is 12.1. The zero-order valence-electron chi connectivity index (χ0n) is 15.2. The van der Waals surface area contributed by atoms with Crippen LogP contribution in [-0.2, 0) is 4.79 Å². The summed E-state index contributed by atoms with van der Waals surface area (Å²) >= 11 is 0. The van der Waals surface area contributed by atoms with E-state index in [9.17, 15) is 4.79 Å². The van der Waals surface area contributed by atoms with Crippen LogP contribution >= 0.6 is 0 Å². The Morgan fingerprint density at radius 1 is 1.04 bits per heavy atom. The Balaban J connectivity index is 1.95. The zero-order valence-corrected chi connectivity index (χ0v) is 15.2. The molecule has 0 spiro atoms. The second-order valence-electron chi connectivity index (χ2n) is 5.62. The van der Waals surface area contributed by atoms with E-state index in [-0.39, 0.29) is 18.6 Å². The first-order valence-corrected chi connectivity index (χ1v) is 8.31. The number of nitrogens with zero attached hydrogens (tertiary/aromatic N) is 1. The Kier molecular flexibility index (Phi) is 6.69. The van der Waals surface area contributed by atoms with E-state index >= 15 is 0 Å². The molecule has 1 amide bonds. The highest BCUT2D eigenvalue weighted by atomic mass is 16.5. The van der Waals surface area contributed by atoms with Crippen molar-refractivity contribution in [1.29, 1.82) is 0 Å². The third kappa shape index (κ3) is 4.89. The van der Waals surface area contributed by atoms with Crippen LogP contribution in [0.2, 0.25) is 0 Å². The van der Waals surface area contributed by atoms with Crippen molar-refractivity contribution in [3.8, 4) is 17.2 Å². The number of hydrogen-bond acceptors (Lipinski definition) is 4. The number of ether oxygens (including phenoxy) is 3. The maximum atomic E-state index is 12.4. The summed E-state index contributed by atoms with van der Waals surface area (Å²) in [6, 6.07) is 14.8. The topological polar surface area (TPSA) is 48.0 Å². The Bertz CT molecular complexity index is 684. The maximum absolute atomic E-state index is 12.4. The predicted molar refractivity (Wildman–Crippen MR) is 97.3 cm³/mol. The summed E-state index contributed by atoms with van der Waals surface area (Å²) in [6.45, 7) is 4.49. The van der Waals surface area contributed by atoms with Crippen LogP contribution in [0, 0.1) is 0 Å². The molecule has 1 atom stereocenters. The van der Waals surface area contributed by atoms with Crippen molar-refractivity contribution in [3.63, 3.8) is 0 Å². The van der Waals surface area contributed by atoms with Crippen molar-refractivity contribution in [3.05, 3.63) is 54.1 Å². The first-order valence-electron chi connectivity index (χ1n) is 8.31. The van der Waals surface area contributed by atoms with Crippen LogP contribution in [0.25, 0.3) is 0 Å². The molecule has 25 heavy (non-hydrogen) atoms. The average molecular weight is 343 g/mol. The number of likely N-dealkylation sites (N-methyl/N-ethyl adjacent to an activating group) is 1. The van der Waals surface area contributed by atoms with Crippen molar-refractivity contribution in [2.24, 2.45) is 0 Å². The molecule has 0 aliphatic heterocycles. The van der Waals surface area contributed by atoms with Gasteiger partial charge >= 0.3 is 0 Å². The smallest absolute Gasteiger partial charge is 0.260 e. The number of hydrogen-bond donors (Lipinski definition) is 0. The van der Waals surface area contributed by atoms with Gasteiger partial charge < -0.3 is 19.1 Å². The summed E-state index contributed by atoms with van der Waals surface area (Å²) in [5, 5.41) is 0. The summed E-state index contributed by atoms with van der Waals surface area (Å²) in [7, 11) is 3.39. The van der Waals surface area contributed by atoms with Gasteiger partial charge in [0.25, 0.3) is 5.91 Å². The summed E-state index contributed by atoms with van der Waals surface area (Å²) in [5.74, 6) is 2.08. The number of carbonyl (C=O) groups excluding carboxylic acids is 1. The molecular formula is C20H25NO4. The van der Waals surface area contributed by atoms with Gasteiger partial charge in [0.15, 0.2) is 6.61 Å². The molecule has 2 aromatic rings. The molecule has 0 bridgehead atoms. The number of para-hydroxylation sites is 1. The van der Waals surface area contributed by atoms with Crippen molar-refractivity contribution in [2.45, 2.75) is 19.9 Å². The minimum atomic E-state index is -0.118. The molecule has 0 saturated heterocycles. The molecule has 0 aromatic heterocycles. The lowest BCUT2D eigenvalue weighted by atomic mass is 10.1. The molecule has 0 heterocycles. The molecule has 0 radical (unpaired) electrons. The molecule has 2 aromatic carbocycles. The third-order valence-electron chi connectivity index (χ3n) is 4.06. The second kappa shape index (κ2) is 8.97. The fourth-order valence-electron chi connectivity index (χ4n) is 2.48. The molecule has 1 unspecified atom stereocenters. The van der Waals surface area contributed by atoms with E-state index in [1.807, 2.05) is 50.2 Å². The van der Waals surface area contributed by atoms with Gasteiger partial charge in [0.1, 0.15) is 17.2 Å². The lowest BCUT2D eigenvalue weighted by Gasteiger charge is -2.26. The van der Waals surface area contributed by atoms with E-state index in [0.717, 1.165) is 17.1 Å². The minimum Gasteiger partial charge on any atom is -0.496 e. The zero-order chi connectivity index (χ0) is 18.2. The van der Waals surface area contributed by atoms with Crippen LogP contribution in [0.4, 0.5) is 0 Å². The van der Waals surface area contributed by atoms with Crippen molar-refractivity contribution in [1.82, 2.24) is 4.90 Å². The van der Waals surface area contributed by atoms with Gasteiger partial charge in [-0.05, 0) is 44.2 Å². The second-order valence-corrected chi connectivity index (χ2v) is 5.62. The van der Waals surface area contributed by atoms with Crippen molar-refractivity contribution < 1.29 is 19.0 Å². The molecule has 5 nitrogen and oxygen atoms in total. The van der Waals surface area contributed by atoms with Gasteiger partial charge in [-0.15, -0.1) is 0 Å². The Labute approximate surface area is 149 Å². The van der Waals surface area contributed by atoms with Crippen LogP contribution in [-0.4, -0.2) is 38.2 Å². The summed E-state index contributed by atoms with van der Waals surface area (Å²) in [5.41, 5.74) is 0.960. The third-order valence-corrected chi connectivity index (χ3v) is 4.06. The number of carbonyl (C=O) groups is 1. The van der Waals surface area contributed by atoms with Gasteiger partial charge in [-0.1, -0.05) is 18.2 Å². The normalized spacial score (nSPS) is 11.5. The average Bonchev–Trinajstić information content (AvgIpc) is 2.66. The Morgan fingerprint density at radius 2 is 1.64 bits per heavy atom. The van der Waals surface area contributed by atoms with Crippen molar-refractivity contribution >= 4 is 5.91 Å². The molecule has 0 N–H and O–H groups in total. The van der Waals surface area contributed by atoms with Gasteiger partial charge in [-0.3, -0.25) is 4.79 Å². The molecule has 134 valence electrons. The van der Waals surface area contributed by atoms with E-state index < -0.39 is 0 Å². The van der Waals surface area contributed by atoms with E-state index in [1.54, 1.807) is 31.2 Å². The van der Waals surface area contributed by atoms with Crippen LogP contribution < -0.4 is 14.2 Å². The Morgan fingerprint density at radius 3 is 2.24 bits per heavy atom. The largest absolute Gasteiger partial charge is 0.496 e. The SMILES string of the molecule is CCOc1ccc(OCC(=O)N(C)C(C)c2ccccc2OC)cc1. The summed E-state index contributed by atoms with van der Waals surface area (Å²) < 4.78 is 16.3. The van der Waals surface area contributed by atoms with E-state index in [4.69, 9.17) is 14.2 Å². The monoisotopic (exact) mass is 343 g/mol. The standard InChI is InChI=1S/C20H25NO4/c1-5-24-16-10-12-17(13-11-16)25-14-20(22)21(3)15(2)18-8-6-7-9-19(18)23-4/h6-13,15H,5,14H2,1-4H3. The molecule has 0 saturated carbocycles. The van der Waals surface area contributed by atoms with Gasteiger partial charge in [0.05, 0.1) is 19.8 Å². The maximum Gasteiger partial charge on any atom is 0.260 e. The minimum absolute atomic E-state index is 0.0238. The lowest BCUT2D eigenvalue weighted by Crippen LogP contribution is -2.33. The Hall–Kier alpha value is -2.69.